The first kappa shape index (κ1) is 37.0. The highest BCUT2D eigenvalue weighted by Gasteiger charge is 2.59. The second-order valence-corrected chi connectivity index (χ2v) is 16.0. The first-order chi connectivity index (χ1) is 28.7. The molecule has 3 amide bonds. The van der Waals surface area contributed by atoms with Gasteiger partial charge in [-0.15, -0.1) is 0 Å². The van der Waals surface area contributed by atoms with Gasteiger partial charge in [0, 0.05) is 62.1 Å². The van der Waals surface area contributed by atoms with Crippen LogP contribution in [0.25, 0.3) is 16.6 Å². The van der Waals surface area contributed by atoms with Gasteiger partial charge in [-0.1, -0.05) is 48.5 Å². The molecule has 2 atom stereocenters. The lowest BCUT2D eigenvalue weighted by atomic mass is 9.91. The Morgan fingerprint density at radius 1 is 0.932 bits per heavy atom. The fourth-order valence-electron chi connectivity index (χ4n) is 9.43. The molecule has 1 aliphatic carbocycles. The highest BCUT2D eigenvalue weighted by atomic mass is 16.5. The van der Waals surface area contributed by atoms with Crippen LogP contribution in [0.4, 0.5) is 16.4 Å². The first-order valence-corrected chi connectivity index (χ1v) is 20.2. The number of para-hydroxylation sites is 1. The van der Waals surface area contributed by atoms with Crippen molar-refractivity contribution in [1.82, 2.24) is 29.2 Å². The van der Waals surface area contributed by atoms with Crippen LogP contribution in [-0.2, 0) is 34.6 Å². The van der Waals surface area contributed by atoms with Crippen molar-refractivity contribution in [1.29, 1.82) is 0 Å². The van der Waals surface area contributed by atoms with Crippen molar-refractivity contribution < 1.29 is 23.6 Å². The molecular weight excluding hydrogens is 753 g/mol. The normalized spacial score (nSPS) is 20.7. The largest absolute Gasteiger partial charge is 0.438 e. The summed E-state index contributed by atoms with van der Waals surface area (Å²) in [6, 6.07) is 24.9. The Hall–Kier alpha value is -6.32. The number of rotatable bonds is 9. The van der Waals surface area contributed by atoms with E-state index in [-0.39, 0.29) is 48.9 Å². The minimum atomic E-state index is -0.802. The van der Waals surface area contributed by atoms with E-state index in [9.17, 15) is 14.4 Å². The Labute approximate surface area is 338 Å². The molecule has 1 saturated carbocycles. The number of methoxy groups -OCH3 is 1. The fraction of sp³-hybridized carbons (Fsp3) is 0.364. The topological polar surface area (TPSA) is 161 Å². The molecule has 0 spiro atoms. The molecule has 59 heavy (non-hydrogen) atoms. The van der Waals surface area contributed by atoms with Crippen LogP contribution in [0.5, 0.6) is 0 Å². The molecule has 2 saturated heterocycles. The van der Waals surface area contributed by atoms with Crippen LogP contribution in [0, 0.1) is 5.92 Å². The monoisotopic (exact) mass is 796 g/mol. The van der Waals surface area contributed by atoms with Crippen LogP contribution >= 0.6 is 0 Å². The number of nitrogens with zero attached hydrogens (tertiary/aromatic N) is 7. The van der Waals surface area contributed by atoms with Crippen LogP contribution in [0.3, 0.4) is 0 Å². The number of urea groups is 1. The van der Waals surface area contributed by atoms with Crippen LogP contribution in [0.1, 0.15) is 70.8 Å². The number of aromatic nitrogens is 5. The summed E-state index contributed by atoms with van der Waals surface area (Å²) in [6.07, 6.45) is 2.76. The number of hydrogen-bond acceptors (Lipinski definition) is 9. The van der Waals surface area contributed by atoms with Crippen LogP contribution in [0.15, 0.2) is 93.0 Å². The minimum absolute atomic E-state index is 0.0428. The van der Waals surface area contributed by atoms with Crippen molar-refractivity contribution in [3.8, 4) is 5.69 Å². The average Bonchev–Trinajstić information content (AvgIpc) is 3.58. The summed E-state index contributed by atoms with van der Waals surface area (Å²) in [7, 11) is 1.61. The fourth-order valence-corrected chi connectivity index (χ4v) is 9.43. The summed E-state index contributed by atoms with van der Waals surface area (Å²) in [5.74, 6) is 0.0664. The maximum absolute atomic E-state index is 15.0. The molecule has 0 unspecified atom stereocenters. The molecule has 302 valence electrons. The number of hydrogen-bond donors (Lipinski definition) is 1. The summed E-state index contributed by atoms with van der Waals surface area (Å²) in [5.41, 5.74) is 4.52. The summed E-state index contributed by atoms with van der Waals surface area (Å²) < 4.78 is 19.6. The van der Waals surface area contributed by atoms with Gasteiger partial charge in [-0.3, -0.25) is 28.9 Å². The van der Waals surface area contributed by atoms with E-state index in [2.05, 4.69) is 35.3 Å². The second kappa shape index (κ2) is 14.5. The Kier molecular flexibility index (Phi) is 9.09. The van der Waals surface area contributed by atoms with Gasteiger partial charge in [0.25, 0.3) is 11.5 Å². The number of nitrogens with one attached hydrogen (secondary N) is 1. The van der Waals surface area contributed by atoms with E-state index in [1.807, 2.05) is 65.2 Å². The first-order valence-electron chi connectivity index (χ1n) is 20.2. The number of aromatic amines is 1. The van der Waals surface area contributed by atoms with E-state index in [0.29, 0.717) is 73.7 Å². The van der Waals surface area contributed by atoms with E-state index in [1.54, 1.807) is 21.8 Å². The number of H-pyrrole nitrogens is 1. The standard InChI is InChI=1S/C44H44N8O7/c1-27-24-44(27,40-46-42(55)59-47-40)52-36-12-11-30(29-14-19-58-20-15-29)22-31(36)23-37(52)39(54)48-16-13-34-35(25-48)45-41(50-18-17-49(43(50)56)32-8-4-3-5-9-32)51(38(34)53)33-10-6-7-28(21-33)26-57-2/h3-12,21-23,27,29H,13-20,24-26H2,1-2H3,(H,46,47,55)/t27-,44+/m1/s1. The lowest BCUT2D eigenvalue weighted by molar-refractivity contribution is 0.0717. The van der Waals surface area contributed by atoms with E-state index in [0.717, 1.165) is 35.0 Å². The number of anilines is 2. The number of benzene rings is 3. The van der Waals surface area contributed by atoms with Crippen LogP contribution in [-0.4, -0.2) is 81.1 Å². The second-order valence-electron chi connectivity index (χ2n) is 16.0. The lowest BCUT2D eigenvalue weighted by Gasteiger charge is -2.31. The molecule has 0 radical (unpaired) electrons. The van der Waals surface area contributed by atoms with Gasteiger partial charge < -0.3 is 18.9 Å². The van der Waals surface area contributed by atoms with Gasteiger partial charge in [0.15, 0.2) is 5.82 Å². The van der Waals surface area contributed by atoms with Crippen LogP contribution in [0.2, 0.25) is 0 Å². The highest BCUT2D eigenvalue weighted by Crippen LogP contribution is 2.56. The van der Waals surface area contributed by atoms with E-state index < -0.39 is 11.3 Å². The van der Waals surface area contributed by atoms with Crippen molar-refractivity contribution in [2.24, 2.45) is 5.92 Å². The summed E-state index contributed by atoms with van der Waals surface area (Å²) in [5, 5.41) is 5.05. The molecule has 3 aromatic carbocycles. The molecular formula is C44H44N8O7. The molecule has 6 heterocycles. The van der Waals surface area contributed by atoms with Gasteiger partial charge >= 0.3 is 11.8 Å². The highest BCUT2D eigenvalue weighted by molar-refractivity contribution is 6.05. The number of ether oxygens (including phenoxy) is 2. The molecule has 1 N–H and O–H groups in total. The van der Waals surface area contributed by atoms with Crippen molar-refractivity contribution in [2.45, 2.75) is 57.2 Å². The van der Waals surface area contributed by atoms with Crippen LogP contribution < -0.4 is 21.1 Å². The predicted molar refractivity (Wildman–Crippen MR) is 218 cm³/mol. The maximum atomic E-state index is 15.0. The minimum Gasteiger partial charge on any atom is -0.381 e. The zero-order valence-electron chi connectivity index (χ0n) is 32.9. The van der Waals surface area contributed by atoms with Gasteiger partial charge in [-0.25, -0.2) is 19.1 Å². The maximum Gasteiger partial charge on any atom is 0.438 e. The van der Waals surface area contributed by atoms with Gasteiger partial charge in [0.05, 0.1) is 24.5 Å². The van der Waals surface area contributed by atoms with Gasteiger partial charge in [-0.2, -0.15) is 0 Å². The average molecular weight is 797 g/mol. The summed E-state index contributed by atoms with van der Waals surface area (Å²) >= 11 is 0. The third kappa shape index (κ3) is 6.18. The zero-order chi connectivity index (χ0) is 40.4. The number of amides is 3. The van der Waals surface area contributed by atoms with Gasteiger partial charge in [-0.05, 0) is 91.1 Å². The SMILES string of the molecule is COCc1cccc(-n2c(N3CCN(c4ccccc4)C3=O)nc3c(c2=O)CCN(C(=O)c2cc4cc(C5CCOCC5)ccc4n2[C@@]2(c4noc(=O)[nH]4)C[C@H]2C)C3)c1. The van der Waals surface area contributed by atoms with E-state index >= 15 is 4.79 Å². The van der Waals surface area contributed by atoms with Crippen molar-refractivity contribution >= 4 is 34.5 Å². The number of carbonyl (C=O) groups is 2. The molecule has 6 aromatic rings. The third-order valence-electron chi connectivity index (χ3n) is 12.6. The Balaban J connectivity index is 1.06. The summed E-state index contributed by atoms with van der Waals surface area (Å²) in [4.78, 5) is 69.0. The smallest absolute Gasteiger partial charge is 0.381 e. The quantitative estimate of drug-likeness (QED) is 0.204. The number of fused-ring (bicyclic) bond motifs is 2. The van der Waals surface area contributed by atoms with E-state index in [4.69, 9.17) is 19.0 Å². The number of carbonyl (C=O) groups excluding carboxylic acids is 2. The molecule has 3 aliphatic heterocycles. The molecule has 4 aliphatic rings. The Morgan fingerprint density at radius 2 is 1.71 bits per heavy atom. The molecule has 3 aromatic heterocycles. The van der Waals surface area contributed by atoms with Gasteiger partial charge in [0.2, 0.25) is 5.95 Å². The summed E-state index contributed by atoms with van der Waals surface area (Å²) in [6.45, 7) is 4.88. The van der Waals surface area contributed by atoms with Crippen molar-refractivity contribution in [3.63, 3.8) is 0 Å². The molecule has 15 nitrogen and oxygen atoms in total. The molecule has 10 rings (SSSR count). The van der Waals surface area contributed by atoms with Crippen molar-refractivity contribution in [3.05, 3.63) is 134 Å². The Bertz CT molecular complexity index is 2730. The Morgan fingerprint density at radius 3 is 2.46 bits per heavy atom. The lowest BCUT2D eigenvalue weighted by Crippen LogP contribution is -2.43. The van der Waals surface area contributed by atoms with Gasteiger partial charge in [0.1, 0.15) is 11.2 Å². The predicted octanol–water partition coefficient (Wildman–Crippen LogP) is 5.33. The van der Waals surface area contributed by atoms with E-state index in [1.165, 1.54) is 10.1 Å². The van der Waals surface area contributed by atoms with Crippen molar-refractivity contribution in [2.75, 3.05) is 49.8 Å². The molecule has 15 heteroatoms. The molecule has 0 bridgehead atoms. The molecule has 3 fully saturated rings. The zero-order valence-corrected chi connectivity index (χ0v) is 32.9. The third-order valence-corrected chi connectivity index (χ3v) is 12.6.